The molecule has 0 aliphatic carbocycles. The molecule has 8 nitrogen and oxygen atoms in total. The van der Waals surface area contributed by atoms with E-state index in [4.69, 9.17) is 14.5 Å². The molecule has 0 radical (unpaired) electrons. The minimum Gasteiger partial charge on any atom is -0.467 e. The highest BCUT2D eigenvalue weighted by atomic mass is 32.1. The van der Waals surface area contributed by atoms with Crippen molar-refractivity contribution in [3.8, 4) is 5.19 Å². The van der Waals surface area contributed by atoms with Crippen LogP contribution < -0.4 is 9.64 Å². The van der Waals surface area contributed by atoms with Crippen molar-refractivity contribution >= 4 is 39.2 Å². The van der Waals surface area contributed by atoms with E-state index in [1.807, 2.05) is 33.2 Å². The Bertz CT molecular complexity index is 1290. The zero-order chi connectivity index (χ0) is 26.7. The van der Waals surface area contributed by atoms with E-state index in [-0.39, 0.29) is 12.2 Å². The van der Waals surface area contributed by atoms with Crippen molar-refractivity contribution in [3.05, 3.63) is 47.8 Å². The summed E-state index contributed by atoms with van der Waals surface area (Å²) in [5.41, 5.74) is 4.09. The number of carbonyl (C=O) groups excluding carboxylic acids is 1. The average Bonchev–Trinajstić information content (AvgIpc) is 3.30. The second kappa shape index (κ2) is 11.3. The van der Waals surface area contributed by atoms with Gasteiger partial charge in [-0.3, -0.25) is 0 Å². The first-order valence-corrected chi connectivity index (χ1v) is 14.4. The lowest BCUT2D eigenvalue weighted by Crippen LogP contribution is -2.39. The van der Waals surface area contributed by atoms with Crippen LogP contribution in [0.15, 0.2) is 36.7 Å². The maximum atomic E-state index is 12.4. The van der Waals surface area contributed by atoms with Gasteiger partial charge in [-0.1, -0.05) is 36.8 Å². The summed E-state index contributed by atoms with van der Waals surface area (Å²) in [6, 6.07) is 6.37. The van der Waals surface area contributed by atoms with Crippen LogP contribution >= 0.6 is 11.3 Å². The molecule has 0 saturated carbocycles. The fraction of sp³-hybridized carbons (Fsp3) is 0.517. The molecule has 9 heteroatoms. The third-order valence-corrected chi connectivity index (χ3v) is 7.73. The highest BCUT2D eigenvalue weighted by Crippen LogP contribution is 2.33. The molecule has 2 aliphatic heterocycles. The van der Waals surface area contributed by atoms with Gasteiger partial charge >= 0.3 is 6.09 Å². The largest absolute Gasteiger partial charge is 0.467 e. The number of piperidine rings is 1. The summed E-state index contributed by atoms with van der Waals surface area (Å²) in [4.78, 5) is 30.2. The van der Waals surface area contributed by atoms with Gasteiger partial charge in [-0.15, -0.1) is 0 Å². The Morgan fingerprint density at radius 3 is 2.55 bits per heavy atom. The smallest absolute Gasteiger partial charge is 0.410 e. The number of nitrogens with zero attached hydrogens (tertiary/aromatic N) is 5. The Hall–Kier alpha value is -3.20. The Balaban J connectivity index is 1.17. The molecule has 0 spiro atoms. The van der Waals surface area contributed by atoms with Gasteiger partial charge in [0.1, 0.15) is 11.7 Å². The number of ether oxygens (including phenoxy) is 2. The first kappa shape index (κ1) is 26.4. The van der Waals surface area contributed by atoms with Crippen molar-refractivity contribution in [3.63, 3.8) is 0 Å². The highest BCUT2D eigenvalue weighted by molar-refractivity contribution is 7.20. The number of hydrogen-bond donors (Lipinski definition) is 0. The summed E-state index contributed by atoms with van der Waals surface area (Å²) >= 11 is 1.60. The SMILES string of the molecule is CCCc1cnc(N2CCC(Oc3nc4ccc(C5=CCN(C(=O)OC(C)(C)C)CC5)cc4s3)CC2)nc1. The fourth-order valence-corrected chi connectivity index (χ4v) is 5.74. The summed E-state index contributed by atoms with van der Waals surface area (Å²) in [6.07, 6.45) is 10.7. The lowest BCUT2D eigenvalue weighted by atomic mass is 9.99. The highest BCUT2D eigenvalue weighted by Gasteiger charge is 2.25. The normalized spacial score (nSPS) is 17.0. The second-order valence-corrected chi connectivity index (χ2v) is 12.0. The number of fused-ring (bicyclic) bond motifs is 1. The predicted molar refractivity (Wildman–Crippen MR) is 152 cm³/mol. The van der Waals surface area contributed by atoms with E-state index in [1.54, 1.807) is 16.2 Å². The molecule has 2 aliphatic rings. The molecule has 0 bridgehead atoms. The van der Waals surface area contributed by atoms with Gasteiger partial charge in [0, 0.05) is 51.4 Å². The monoisotopic (exact) mass is 535 g/mol. The van der Waals surface area contributed by atoms with Crippen LogP contribution in [0.2, 0.25) is 0 Å². The van der Waals surface area contributed by atoms with Crippen molar-refractivity contribution in [2.24, 2.45) is 0 Å². The van der Waals surface area contributed by atoms with E-state index in [0.29, 0.717) is 13.1 Å². The number of anilines is 1. The van der Waals surface area contributed by atoms with E-state index >= 15 is 0 Å². The minimum absolute atomic E-state index is 0.144. The summed E-state index contributed by atoms with van der Waals surface area (Å²) < 4.78 is 12.9. The molecule has 38 heavy (non-hydrogen) atoms. The van der Waals surface area contributed by atoms with Crippen LogP contribution in [-0.4, -0.2) is 63.8 Å². The molecule has 202 valence electrons. The van der Waals surface area contributed by atoms with Crippen LogP contribution in [0.25, 0.3) is 15.8 Å². The van der Waals surface area contributed by atoms with E-state index in [2.05, 4.69) is 46.1 Å². The quantitative estimate of drug-likeness (QED) is 0.377. The number of rotatable bonds is 6. The standard InChI is InChI=1S/C29H37N5O3S/c1-5-6-20-18-30-26(31-19-20)33-15-11-23(12-16-33)36-27-32-24-8-7-22(17-25(24)38-27)21-9-13-34(14-10-21)28(35)37-29(2,3)4/h7-9,17-19,23H,5-6,10-16H2,1-4H3. The molecule has 5 rings (SSSR count). The Morgan fingerprint density at radius 1 is 1.13 bits per heavy atom. The van der Waals surface area contributed by atoms with Gasteiger partial charge in [0.05, 0.1) is 10.2 Å². The van der Waals surface area contributed by atoms with E-state index in [9.17, 15) is 4.79 Å². The fourth-order valence-electron chi connectivity index (χ4n) is 4.82. The zero-order valence-corrected chi connectivity index (χ0v) is 23.6. The molecule has 1 amide bonds. The van der Waals surface area contributed by atoms with Gasteiger partial charge in [-0.05, 0) is 62.4 Å². The molecule has 1 fully saturated rings. The van der Waals surface area contributed by atoms with Gasteiger partial charge in [0.2, 0.25) is 5.95 Å². The van der Waals surface area contributed by atoms with Gasteiger partial charge in [-0.25, -0.2) is 19.7 Å². The summed E-state index contributed by atoms with van der Waals surface area (Å²) in [7, 11) is 0. The van der Waals surface area contributed by atoms with Crippen molar-refractivity contribution < 1.29 is 14.3 Å². The summed E-state index contributed by atoms with van der Waals surface area (Å²) in [5, 5.41) is 0.726. The summed E-state index contributed by atoms with van der Waals surface area (Å²) in [5.74, 6) is 0.807. The van der Waals surface area contributed by atoms with Gasteiger partial charge in [-0.2, -0.15) is 0 Å². The third kappa shape index (κ3) is 6.43. The minimum atomic E-state index is -0.482. The third-order valence-electron chi connectivity index (χ3n) is 6.82. The lowest BCUT2D eigenvalue weighted by molar-refractivity contribution is 0.0270. The molecule has 1 saturated heterocycles. The van der Waals surface area contributed by atoms with Crippen LogP contribution in [0, 0.1) is 0 Å². The topological polar surface area (TPSA) is 80.7 Å². The Morgan fingerprint density at radius 2 is 1.89 bits per heavy atom. The number of hydrogen-bond acceptors (Lipinski definition) is 8. The van der Waals surface area contributed by atoms with Crippen molar-refractivity contribution in [1.82, 2.24) is 19.9 Å². The first-order chi connectivity index (χ1) is 18.3. The number of thiazole rings is 1. The summed E-state index contributed by atoms with van der Waals surface area (Å²) in [6.45, 7) is 10.8. The zero-order valence-electron chi connectivity index (χ0n) is 22.8. The number of carbonyl (C=O) groups is 1. The number of amides is 1. The van der Waals surface area contributed by atoms with Crippen molar-refractivity contribution in [2.75, 3.05) is 31.1 Å². The first-order valence-electron chi connectivity index (χ1n) is 13.6. The van der Waals surface area contributed by atoms with Crippen LogP contribution in [0.1, 0.15) is 64.5 Å². The van der Waals surface area contributed by atoms with Crippen LogP contribution in [-0.2, 0) is 11.2 Å². The lowest BCUT2D eigenvalue weighted by Gasteiger charge is -2.31. The maximum absolute atomic E-state index is 12.4. The molecule has 0 N–H and O–H groups in total. The van der Waals surface area contributed by atoms with Gasteiger partial charge in [0.25, 0.3) is 5.19 Å². The number of benzene rings is 1. The Kier molecular flexibility index (Phi) is 7.83. The van der Waals surface area contributed by atoms with Crippen LogP contribution in [0.3, 0.4) is 0 Å². The van der Waals surface area contributed by atoms with Crippen molar-refractivity contribution in [2.45, 2.75) is 71.5 Å². The molecule has 1 aromatic carbocycles. The molecular weight excluding hydrogens is 498 g/mol. The maximum Gasteiger partial charge on any atom is 0.410 e. The van der Waals surface area contributed by atoms with Gasteiger partial charge < -0.3 is 19.3 Å². The van der Waals surface area contributed by atoms with E-state index < -0.39 is 5.60 Å². The molecular formula is C29H37N5O3S. The number of aryl methyl sites for hydroxylation is 1. The second-order valence-electron chi connectivity index (χ2n) is 11.0. The van der Waals surface area contributed by atoms with Crippen molar-refractivity contribution in [1.29, 1.82) is 0 Å². The molecule has 2 aromatic heterocycles. The van der Waals surface area contributed by atoms with Crippen LogP contribution in [0.4, 0.5) is 10.7 Å². The molecule has 0 unspecified atom stereocenters. The molecule has 3 aromatic rings. The Labute approximate surface area is 228 Å². The van der Waals surface area contributed by atoms with E-state index in [1.165, 1.54) is 16.7 Å². The number of aromatic nitrogens is 3. The van der Waals surface area contributed by atoms with Gasteiger partial charge in [0.15, 0.2) is 0 Å². The molecule has 0 atom stereocenters. The van der Waals surface area contributed by atoms with Crippen LogP contribution in [0.5, 0.6) is 5.19 Å². The average molecular weight is 536 g/mol. The van der Waals surface area contributed by atoms with E-state index in [0.717, 1.165) is 66.6 Å². The molecule has 4 heterocycles. The predicted octanol–water partition coefficient (Wildman–Crippen LogP) is 6.11.